The van der Waals surface area contributed by atoms with Crippen LogP contribution in [0.25, 0.3) is 22.8 Å². The van der Waals surface area contributed by atoms with E-state index >= 15 is 0 Å². The van der Waals surface area contributed by atoms with Gasteiger partial charge in [0.15, 0.2) is 0 Å². The van der Waals surface area contributed by atoms with Crippen LogP contribution in [0.1, 0.15) is 6.92 Å². The highest BCUT2D eigenvalue weighted by Crippen LogP contribution is 2.21. The summed E-state index contributed by atoms with van der Waals surface area (Å²) < 4.78 is 6.60. The number of aromatic nitrogens is 7. The van der Waals surface area contributed by atoms with Crippen molar-refractivity contribution in [1.82, 2.24) is 34.9 Å². The van der Waals surface area contributed by atoms with Crippen LogP contribution < -0.4 is 5.32 Å². The van der Waals surface area contributed by atoms with Gasteiger partial charge in [-0.2, -0.15) is 10.1 Å². The number of nitrogens with one attached hydrogen (secondary N) is 1. The Kier molecular flexibility index (Phi) is 3.87. The molecule has 0 aliphatic rings. The summed E-state index contributed by atoms with van der Waals surface area (Å²) in [7, 11) is 0. The van der Waals surface area contributed by atoms with E-state index in [9.17, 15) is 0 Å². The lowest BCUT2D eigenvalue weighted by Crippen LogP contribution is -2.06. The maximum absolute atomic E-state index is 4.87. The van der Waals surface area contributed by atoms with Crippen LogP contribution in [0.3, 0.4) is 0 Å². The van der Waals surface area contributed by atoms with Gasteiger partial charge in [-0.25, -0.2) is 19.6 Å². The maximum atomic E-state index is 4.87. The lowest BCUT2D eigenvalue weighted by Gasteiger charge is -2.07. The normalized spacial score (nSPS) is 10.8. The molecule has 4 aromatic heterocycles. The molecule has 0 aliphatic heterocycles. The molecule has 124 valence electrons. The number of aryl methyl sites for hydroxylation is 1. The van der Waals surface area contributed by atoms with Crippen LogP contribution in [-0.4, -0.2) is 34.9 Å². The average Bonchev–Trinajstić information content (AvgIpc) is 3.34. The van der Waals surface area contributed by atoms with E-state index in [1.54, 1.807) is 23.0 Å². The first-order chi connectivity index (χ1) is 12.3. The summed E-state index contributed by atoms with van der Waals surface area (Å²) in [5.74, 6) is 1.01. The molecular weight excluding hydrogens is 320 g/mol. The Morgan fingerprint density at radius 1 is 1.00 bits per heavy atom. The average molecular weight is 334 g/mol. The van der Waals surface area contributed by atoms with E-state index in [0.717, 1.165) is 0 Å². The SMILES string of the molecule is CCn1ncnc1Nc1nccc(-c2cccc(-c3ccon3)n2)n1. The van der Waals surface area contributed by atoms with Crippen LogP contribution in [0.15, 0.2) is 53.6 Å². The molecule has 0 saturated heterocycles. The summed E-state index contributed by atoms with van der Waals surface area (Å²) in [6, 6.07) is 9.20. The molecule has 0 spiro atoms. The predicted octanol–water partition coefficient (Wildman–Crippen LogP) is 2.55. The van der Waals surface area contributed by atoms with Gasteiger partial charge in [0.25, 0.3) is 0 Å². The topological polar surface area (TPSA) is 107 Å². The van der Waals surface area contributed by atoms with Crippen molar-refractivity contribution in [2.24, 2.45) is 0 Å². The van der Waals surface area contributed by atoms with Gasteiger partial charge in [0, 0.05) is 18.8 Å². The van der Waals surface area contributed by atoms with Crippen molar-refractivity contribution in [3.63, 3.8) is 0 Å². The minimum absolute atomic E-state index is 0.425. The molecule has 1 N–H and O–H groups in total. The second kappa shape index (κ2) is 6.48. The minimum atomic E-state index is 0.425. The van der Waals surface area contributed by atoms with E-state index in [4.69, 9.17) is 4.52 Å². The third-order valence-corrected chi connectivity index (χ3v) is 3.51. The number of rotatable bonds is 5. The van der Waals surface area contributed by atoms with E-state index in [2.05, 4.69) is 35.5 Å². The van der Waals surface area contributed by atoms with E-state index in [1.807, 2.05) is 25.1 Å². The molecule has 0 fully saturated rings. The van der Waals surface area contributed by atoms with Gasteiger partial charge in [0.1, 0.15) is 18.3 Å². The molecule has 0 saturated carbocycles. The molecule has 0 bridgehead atoms. The molecule has 4 heterocycles. The Morgan fingerprint density at radius 3 is 2.64 bits per heavy atom. The Balaban J connectivity index is 1.65. The van der Waals surface area contributed by atoms with E-state index < -0.39 is 0 Å². The number of pyridine rings is 1. The van der Waals surface area contributed by atoms with Crippen LogP contribution in [0, 0.1) is 0 Å². The highest BCUT2D eigenvalue weighted by molar-refractivity contribution is 5.62. The zero-order valence-corrected chi connectivity index (χ0v) is 13.4. The van der Waals surface area contributed by atoms with Gasteiger partial charge < -0.3 is 4.52 Å². The van der Waals surface area contributed by atoms with Gasteiger partial charge in [-0.05, 0) is 25.1 Å². The summed E-state index contributed by atoms with van der Waals surface area (Å²) >= 11 is 0. The van der Waals surface area contributed by atoms with E-state index in [0.29, 0.717) is 41.2 Å². The summed E-state index contributed by atoms with van der Waals surface area (Å²) in [5.41, 5.74) is 2.78. The summed E-state index contributed by atoms with van der Waals surface area (Å²) in [5, 5.41) is 11.1. The number of nitrogens with zero attached hydrogens (tertiary/aromatic N) is 7. The smallest absolute Gasteiger partial charge is 0.230 e. The van der Waals surface area contributed by atoms with Crippen LogP contribution in [0.4, 0.5) is 11.9 Å². The van der Waals surface area contributed by atoms with Crippen molar-refractivity contribution in [3.8, 4) is 22.8 Å². The van der Waals surface area contributed by atoms with E-state index in [-0.39, 0.29) is 0 Å². The van der Waals surface area contributed by atoms with Crippen molar-refractivity contribution in [3.05, 3.63) is 49.1 Å². The summed E-state index contributed by atoms with van der Waals surface area (Å²) in [6.07, 6.45) is 4.67. The molecular formula is C16H14N8O. The molecule has 4 rings (SSSR count). The molecule has 9 nitrogen and oxygen atoms in total. The fraction of sp³-hybridized carbons (Fsp3) is 0.125. The predicted molar refractivity (Wildman–Crippen MR) is 89.7 cm³/mol. The number of anilines is 2. The van der Waals surface area contributed by atoms with Gasteiger partial charge in [0.05, 0.1) is 17.1 Å². The molecule has 0 amide bonds. The van der Waals surface area contributed by atoms with Gasteiger partial charge in [-0.15, -0.1) is 0 Å². The van der Waals surface area contributed by atoms with Crippen molar-refractivity contribution < 1.29 is 4.52 Å². The maximum Gasteiger partial charge on any atom is 0.230 e. The fourth-order valence-corrected chi connectivity index (χ4v) is 2.32. The molecule has 25 heavy (non-hydrogen) atoms. The largest absolute Gasteiger partial charge is 0.364 e. The first-order valence-corrected chi connectivity index (χ1v) is 7.69. The first kappa shape index (κ1) is 14.9. The van der Waals surface area contributed by atoms with Gasteiger partial charge in [-0.3, -0.25) is 5.32 Å². The summed E-state index contributed by atoms with van der Waals surface area (Å²) in [4.78, 5) is 17.5. The fourth-order valence-electron chi connectivity index (χ4n) is 2.32. The van der Waals surface area contributed by atoms with Crippen molar-refractivity contribution in [2.45, 2.75) is 13.5 Å². The number of hydrogen-bond donors (Lipinski definition) is 1. The molecule has 0 aromatic carbocycles. The minimum Gasteiger partial charge on any atom is -0.364 e. The Bertz CT molecular complexity index is 979. The Labute approximate surface area is 142 Å². The zero-order valence-electron chi connectivity index (χ0n) is 13.4. The van der Waals surface area contributed by atoms with Crippen LogP contribution >= 0.6 is 0 Å². The lowest BCUT2D eigenvalue weighted by atomic mass is 10.2. The molecule has 0 radical (unpaired) electrons. The van der Waals surface area contributed by atoms with Crippen molar-refractivity contribution >= 4 is 11.9 Å². The van der Waals surface area contributed by atoms with Crippen LogP contribution in [0.5, 0.6) is 0 Å². The Hall–Kier alpha value is -3.62. The van der Waals surface area contributed by atoms with Crippen LogP contribution in [0.2, 0.25) is 0 Å². The Morgan fingerprint density at radius 2 is 1.84 bits per heavy atom. The second-order valence-electron chi connectivity index (χ2n) is 5.08. The van der Waals surface area contributed by atoms with Gasteiger partial charge >= 0.3 is 0 Å². The third kappa shape index (κ3) is 3.07. The molecule has 0 unspecified atom stereocenters. The molecule has 0 aliphatic carbocycles. The highest BCUT2D eigenvalue weighted by Gasteiger charge is 2.09. The van der Waals surface area contributed by atoms with E-state index in [1.165, 1.54) is 12.6 Å². The van der Waals surface area contributed by atoms with Gasteiger partial charge in [0.2, 0.25) is 11.9 Å². The van der Waals surface area contributed by atoms with Crippen molar-refractivity contribution in [2.75, 3.05) is 5.32 Å². The molecule has 0 atom stereocenters. The monoisotopic (exact) mass is 334 g/mol. The molecule has 4 aromatic rings. The lowest BCUT2D eigenvalue weighted by molar-refractivity contribution is 0.422. The standard InChI is InChI=1S/C16H14N8O/c1-2-24-16(18-10-19-24)22-15-17-8-6-13(21-15)11-4-3-5-12(20-11)14-7-9-25-23-14/h3-10H,2H2,1H3,(H,17,18,19,21,22). The quantitative estimate of drug-likeness (QED) is 0.593. The zero-order chi connectivity index (χ0) is 17.1. The van der Waals surface area contributed by atoms with Gasteiger partial charge in [-0.1, -0.05) is 11.2 Å². The molecule has 9 heteroatoms. The first-order valence-electron chi connectivity index (χ1n) is 7.69. The van der Waals surface area contributed by atoms with Crippen LogP contribution in [-0.2, 0) is 6.54 Å². The third-order valence-electron chi connectivity index (χ3n) is 3.51. The summed E-state index contributed by atoms with van der Waals surface area (Å²) in [6.45, 7) is 2.68. The van der Waals surface area contributed by atoms with Crippen molar-refractivity contribution in [1.29, 1.82) is 0 Å². The second-order valence-corrected chi connectivity index (χ2v) is 5.08. The highest BCUT2D eigenvalue weighted by atomic mass is 16.5. The number of hydrogen-bond acceptors (Lipinski definition) is 8.